The van der Waals surface area contributed by atoms with Crippen LogP contribution >= 0.6 is 11.8 Å². The third-order valence-corrected chi connectivity index (χ3v) is 8.63. The van der Waals surface area contributed by atoms with E-state index < -0.39 is 10.0 Å². The van der Waals surface area contributed by atoms with Crippen LogP contribution in [-0.4, -0.2) is 54.5 Å². The molecule has 0 spiro atoms. The first-order valence-electron chi connectivity index (χ1n) is 10.9. The molecule has 0 bridgehead atoms. The van der Waals surface area contributed by atoms with E-state index in [0.29, 0.717) is 47.4 Å². The minimum Gasteiger partial charge on any atom is -0.312 e. The van der Waals surface area contributed by atoms with E-state index in [1.54, 1.807) is 30.0 Å². The van der Waals surface area contributed by atoms with Crippen LogP contribution in [0.1, 0.15) is 42.5 Å². The van der Waals surface area contributed by atoms with Crippen LogP contribution in [0.25, 0.3) is 0 Å². The van der Waals surface area contributed by atoms with Crippen LogP contribution in [-0.2, 0) is 27.7 Å². The van der Waals surface area contributed by atoms with Crippen molar-refractivity contribution in [3.63, 3.8) is 0 Å². The van der Waals surface area contributed by atoms with Crippen LogP contribution in [0.3, 0.4) is 0 Å². The summed E-state index contributed by atoms with van der Waals surface area (Å²) in [6, 6.07) is 5.09. The number of thioether (sulfide) groups is 1. The van der Waals surface area contributed by atoms with Crippen LogP contribution in [0.15, 0.2) is 33.0 Å². The molecule has 1 aromatic heterocycles. The van der Waals surface area contributed by atoms with Gasteiger partial charge in [0.05, 0.1) is 4.90 Å². The largest absolute Gasteiger partial charge is 0.312 e. The molecule has 0 aliphatic carbocycles. The van der Waals surface area contributed by atoms with Crippen LogP contribution in [0, 0.1) is 6.92 Å². The standard InChI is InChI=1S/C22H28N4O4S2/c1-15-18(21(28)24-22(23-15)31-2)8-10-20(27)26-13-5-6-16-14-17(7-9-19(16)26)32(29,30)25-11-3-4-12-25/h7,9,14H,3-6,8,10-13H2,1-2H3,(H,23,24,28). The first kappa shape index (κ1) is 23.0. The van der Waals surface area contributed by atoms with Crippen molar-refractivity contribution in [1.29, 1.82) is 0 Å². The first-order chi connectivity index (χ1) is 15.3. The molecular formula is C22H28N4O4S2. The first-order valence-corrected chi connectivity index (χ1v) is 13.5. The van der Waals surface area contributed by atoms with Gasteiger partial charge in [-0.2, -0.15) is 4.31 Å². The molecule has 1 saturated heterocycles. The minimum absolute atomic E-state index is 0.0751. The van der Waals surface area contributed by atoms with Gasteiger partial charge in [-0.1, -0.05) is 11.8 Å². The van der Waals surface area contributed by atoms with E-state index in [1.807, 2.05) is 6.26 Å². The molecule has 0 radical (unpaired) electrons. The molecule has 1 aromatic carbocycles. The number of sulfonamides is 1. The van der Waals surface area contributed by atoms with Crippen molar-refractivity contribution in [3.05, 3.63) is 45.4 Å². The minimum atomic E-state index is -3.49. The fourth-order valence-electron chi connectivity index (χ4n) is 4.41. The molecule has 1 fully saturated rings. The molecule has 2 aromatic rings. The number of rotatable bonds is 6. The smallest absolute Gasteiger partial charge is 0.254 e. The second kappa shape index (κ2) is 9.36. The van der Waals surface area contributed by atoms with Gasteiger partial charge >= 0.3 is 0 Å². The predicted octanol–water partition coefficient (Wildman–Crippen LogP) is 2.50. The lowest BCUT2D eigenvalue weighted by molar-refractivity contribution is -0.118. The van der Waals surface area contributed by atoms with E-state index in [2.05, 4.69) is 9.97 Å². The molecule has 32 heavy (non-hydrogen) atoms. The molecule has 172 valence electrons. The molecule has 1 amide bonds. The zero-order valence-electron chi connectivity index (χ0n) is 18.4. The van der Waals surface area contributed by atoms with Gasteiger partial charge in [0.2, 0.25) is 15.9 Å². The summed E-state index contributed by atoms with van der Waals surface area (Å²) in [6.45, 7) is 3.50. The number of carbonyl (C=O) groups excluding carboxylic acids is 1. The number of aromatic nitrogens is 2. The fraction of sp³-hybridized carbons (Fsp3) is 0.500. The number of aromatic amines is 1. The molecular weight excluding hydrogens is 448 g/mol. The summed E-state index contributed by atoms with van der Waals surface area (Å²) in [5, 5.41) is 0.562. The Hall–Kier alpha value is -2.17. The van der Waals surface area contributed by atoms with Gasteiger partial charge in [0.15, 0.2) is 5.16 Å². The monoisotopic (exact) mass is 476 g/mol. The number of aryl methyl sites for hydroxylation is 2. The normalized spacial score (nSPS) is 16.9. The highest BCUT2D eigenvalue weighted by molar-refractivity contribution is 7.98. The highest BCUT2D eigenvalue weighted by atomic mass is 32.2. The molecule has 2 aliphatic heterocycles. The summed E-state index contributed by atoms with van der Waals surface area (Å²) >= 11 is 1.37. The third kappa shape index (κ3) is 4.49. The lowest BCUT2D eigenvalue weighted by Crippen LogP contribution is -2.36. The number of H-pyrrole nitrogens is 1. The van der Waals surface area contributed by atoms with Crippen molar-refractivity contribution >= 4 is 33.4 Å². The summed E-state index contributed by atoms with van der Waals surface area (Å²) in [7, 11) is -3.49. The highest BCUT2D eigenvalue weighted by Crippen LogP contribution is 2.31. The molecule has 0 atom stereocenters. The Morgan fingerprint density at radius 2 is 1.94 bits per heavy atom. The van der Waals surface area contributed by atoms with E-state index >= 15 is 0 Å². The third-order valence-electron chi connectivity index (χ3n) is 6.16. The number of benzene rings is 1. The maximum atomic E-state index is 13.0. The summed E-state index contributed by atoms with van der Waals surface area (Å²) in [4.78, 5) is 34.5. The maximum Gasteiger partial charge on any atom is 0.254 e. The van der Waals surface area contributed by atoms with E-state index in [0.717, 1.165) is 36.9 Å². The molecule has 0 unspecified atom stereocenters. The number of nitrogens with zero attached hydrogens (tertiary/aromatic N) is 3. The number of fused-ring (bicyclic) bond motifs is 1. The molecule has 4 rings (SSSR count). The predicted molar refractivity (Wildman–Crippen MR) is 125 cm³/mol. The van der Waals surface area contributed by atoms with Crippen LogP contribution in [0.5, 0.6) is 0 Å². The van der Waals surface area contributed by atoms with Crippen molar-refractivity contribution in [2.45, 2.75) is 55.5 Å². The number of hydrogen-bond acceptors (Lipinski definition) is 6. The van der Waals surface area contributed by atoms with E-state index in [-0.39, 0.29) is 17.9 Å². The summed E-state index contributed by atoms with van der Waals surface area (Å²) in [5.74, 6) is -0.0751. The zero-order valence-corrected chi connectivity index (χ0v) is 20.0. The van der Waals surface area contributed by atoms with Crippen LogP contribution in [0.4, 0.5) is 5.69 Å². The SMILES string of the molecule is CSc1nc(C)c(CCC(=O)N2CCCc3cc(S(=O)(=O)N4CCCC4)ccc32)c(=O)[nH]1. The van der Waals surface area contributed by atoms with Gasteiger partial charge in [-0.05, 0) is 69.0 Å². The number of amides is 1. The number of anilines is 1. The van der Waals surface area contributed by atoms with Gasteiger partial charge in [0.25, 0.3) is 5.56 Å². The molecule has 8 nitrogen and oxygen atoms in total. The molecule has 1 N–H and O–H groups in total. The lowest BCUT2D eigenvalue weighted by Gasteiger charge is -2.30. The number of hydrogen-bond donors (Lipinski definition) is 1. The van der Waals surface area contributed by atoms with Crippen molar-refractivity contribution in [1.82, 2.24) is 14.3 Å². The molecule has 3 heterocycles. The average molecular weight is 477 g/mol. The Labute approximate surface area is 192 Å². The maximum absolute atomic E-state index is 13.0. The second-order valence-electron chi connectivity index (χ2n) is 8.19. The quantitative estimate of drug-likeness (QED) is 0.508. The van der Waals surface area contributed by atoms with Crippen molar-refractivity contribution in [2.75, 3.05) is 30.8 Å². The summed E-state index contributed by atoms with van der Waals surface area (Å²) in [5.41, 5.74) is 2.61. The molecule has 0 saturated carbocycles. The fourth-order valence-corrected chi connectivity index (χ4v) is 6.40. The molecule has 10 heteroatoms. The van der Waals surface area contributed by atoms with Gasteiger partial charge < -0.3 is 9.88 Å². The highest BCUT2D eigenvalue weighted by Gasteiger charge is 2.29. The van der Waals surface area contributed by atoms with Crippen molar-refractivity contribution in [2.24, 2.45) is 0 Å². The Balaban J connectivity index is 1.52. The zero-order chi connectivity index (χ0) is 22.9. The van der Waals surface area contributed by atoms with Gasteiger partial charge in [0.1, 0.15) is 0 Å². The van der Waals surface area contributed by atoms with E-state index in [1.165, 1.54) is 16.1 Å². The van der Waals surface area contributed by atoms with Crippen LogP contribution < -0.4 is 10.5 Å². The Kier molecular flexibility index (Phi) is 6.73. The van der Waals surface area contributed by atoms with Crippen molar-refractivity contribution in [3.8, 4) is 0 Å². The second-order valence-corrected chi connectivity index (χ2v) is 10.9. The average Bonchev–Trinajstić information content (AvgIpc) is 3.33. The number of carbonyl (C=O) groups is 1. The van der Waals surface area contributed by atoms with Gasteiger partial charge in [-0.3, -0.25) is 9.59 Å². The van der Waals surface area contributed by atoms with Gasteiger partial charge in [-0.25, -0.2) is 13.4 Å². The van der Waals surface area contributed by atoms with Gasteiger partial charge in [0, 0.05) is 43.0 Å². The van der Waals surface area contributed by atoms with Crippen molar-refractivity contribution < 1.29 is 13.2 Å². The Bertz CT molecular complexity index is 1190. The van der Waals surface area contributed by atoms with Crippen LogP contribution in [0.2, 0.25) is 0 Å². The summed E-state index contributed by atoms with van der Waals surface area (Å²) in [6.07, 6.45) is 5.65. The summed E-state index contributed by atoms with van der Waals surface area (Å²) < 4.78 is 27.4. The number of nitrogens with one attached hydrogen (secondary N) is 1. The Morgan fingerprint density at radius 3 is 2.62 bits per heavy atom. The molecule has 2 aliphatic rings. The van der Waals surface area contributed by atoms with E-state index in [4.69, 9.17) is 0 Å². The van der Waals surface area contributed by atoms with E-state index in [9.17, 15) is 18.0 Å². The topological polar surface area (TPSA) is 103 Å². The Morgan fingerprint density at radius 1 is 1.19 bits per heavy atom. The van der Waals surface area contributed by atoms with Gasteiger partial charge in [-0.15, -0.1) is 0 Å². The lowest BCUT2D eigenvalue weighted by atomic mass is 10.0.